The Kier molecular flexibility index (Phi) is 2.69. The largest absolute Gasteiger partial charge is 0.477 e. The summed E-state index contributed by atoms with van der Waals surface area (Å²) >= 11 is 0. The van der Waals surface area contributed by atoms with Crippen molar-refractivity contribution in [2.45, 2.75) is 6.92 Å². The first-order valence-corrected chi connectivity index (χ1v) is 3.87. The van der Waals surface area contributed by atoms with Crippen molar-refractivity contribution in [2.75, 3.05) is 0 Å². The minimum atomic E-state index is -1.09. The average Bonchev–Trinajstić information content (AvgIpc) is 2.08. The quantitative estimate of drug-likeness (QED) is 0.671. The van der Waals surface area contributed by atoms with Crippen LogP contribution in [-0.2, 0) is 4.79 Å². The van der Waals surface area contributed by atoms with Crippen LogP contribution >= 0.6 is 0 Å². The maximum Gasteiger partial charge on any atom is 0.351 e. The fourth-order valence-electron chi connectivity index (χ4n) is 0.978. The van der Waals surface area contributed by atoms with Crippen molar-refractivity contribution < 1.29 is 9.90 Å². The molecule has 0 fully saturated rings. The third-order valence-electron chi connectivity index (χ3n) is 1.75. The smallest absolute Gasteiger partial charge is 0.351 e. The van der Waals surface area contributed by atoms with Crippen molar-refractivity contribution in [3.8, 4) is 0 Å². The summed E-state index contributed by atoms with van der Waals surface area (Å²) in [6, 6.07) is 7.46. The lowest BCUT2D eigenvalue weighted by Crippen LogP contribution is -2.09. The third kappa shape index (κ3) is 2.33. The van der Waals surface area contributed by atoms with Gasteiger partial charge in [-0.3, -0.25) is 0 Å². The zero-order valence-corrected chi connectivity index (χ0v) is 7.32. The van der Waals surface area contributed by atoms with E-state index in [-0.39, 0.29) is 5.70 Å². The van der Waals surface area contributed by atoms with Crippen LogP contribution in [0.3, 0.4) is 0 Å². The van der Waals surface area contributed by atoms with Gasteiger partial charge in [-0.2, -0.15) is 0 Å². The molecular weight excluding hydrogens is 166 g/mol. The van der Waals surface area contributed by atoms with E-state index in [1.807, 2.05) is 31.2 Å². The van der Waals surface area contributed by atoms with E-state index in [4.69, 9.17) is 10.8 Å². The van der Waals surface area contributed by atoms with E-state index in [1.54, 1.807) is 0 Å². The monoisotopic (exact) mass is 177 g/mol. The van der Waals surface area contributed by atoms with Gasteiger partial charge in [-0.15, -0.1) is 0 Å². The van der Waals surface area contributed by atoms with Gasteiger partial charge in [0.1, 0.15) is 5.70 Å². The van der Waals surface area contributed by atoms with Crippen LogP contribution < -0.4 is 5.73 Å². The minimum Gasteiger partial charge on any atom is -0.477 e. The molecule has 68 valence electrons. The second-order valence-corrected chi connectivity index (χ2v) is 2.76. The van der Waals surface area contributed by atoms with Crippen LogP contribution in [0.1, 0.15) is 11.1 Å². The van der Waals surface area contributed by atoms with Crippen molar-refractivity contribution >= 4 is 12.0 Å². The lowest BCUT2D eigenvalue weighted by atomic mass is 10.1. The number of aryl methyl sites for hydroxylation is 1. The molecule has 0 unspecified atom stereocenters. The molecule has 1 aromatic rings. The molecule has 0 bridgehead atoms. The molecular formula is C10H11NO2. The first-order valence-electron chi connectivity index (χ1n) is 3.87. The maximum absolute atomic E-state index is 10.4. The van der Waals surface area contributed by atoms with Gasteiger partial charge in [0.15, 0.2) is 0 Å². The minimum absolute atomic E-state index is 0.144. The van der Waals surface area contributed by atoms with Crippen molar-refractivity contribution in [1.29, 1.82) is 0 Å². The maximum atomic E-state index is 10.4. The Balaban J connectivity index is 3.04. The van der Waals surface area contributed by atoms with Crippen LogP contribution in [-0.4, -0.2) is 11.1 Å². The van der Waals surface area contributed by atoms with Gasteiger partial charge in [0.2, 0.25) is 0 Å². The Morgan fingerprint density at radius 2 is 2.08 bits per heavy atom. The lowest BCUT2D eigenvalue weighted by Gasteiger charge is -1.99. The van der Waals surface area contributed by atoms with Gasteiger partial charge in [0, 0.05) is 0 Å². The van der Waals surface area contributed by atoms with E-state index >= 15 is 0 Å². The molecule has 13 heavy (non-hydrogen) atoms. The second-order valence-electron chi connectivity index (χ2n) is 2.76. The van der Waals surface area contributed by atoms with E-state index < -0.39 is 5.97 Å². The predicted octanol–water partition coefficient (Wildman–Crippen LogP) is 1.38. The summed E-state index contributed by atoms with van der Waals surface area (Å²) in [5, 5.41) is 8.54. The molecule has 0 spiro atoms. The summed E-state index contributed by atoms with van der Waals surface area (Å²) in [5.41, 5.74) is 6.98. The van der Waals surface area contributed by atoms with E-state index in [2.05, 4.69) is 0 Å². The molecule has 3 N–H and O–H groups in total. The Bertz CT molecular complexity index is 356. The SMILES string of the molecule is Cc1ccccc1/C=C(/N)C(=O)O. The van der Waals surface area contributed by atoms with Gasteiger partial charge >= 0.3 is 5.97 Å². The van der Waals surface area contributed by atoms with Gasteiger partial charge < -0.3 is 10.8 Å². The molecule has 1 aromatic carbocycles. The van der Waals surface area contributed by atoms with Crippen LogP contribution in [0.25, 0.3) is 6.08 Å². The van der Waals surface area contributed by atoms with Crippen molar-refractivity contribution in [2.24, 2.45) is 5.73 Å². The topological polar surface area (TPSA) is 63.3 Å². The summed E-state index contributed by atoms with van der Waals surface area (Å²) < 4.78 is 0. The third-order valence-corrected chi connectivity index (χ3v) is 1.75. The number of hydrogen-bond acceptors (Lipinski definition) is 2. The van der Waals surface area contributed by atoms with Crippen LogP contribution in [0, 0.1) is 6.92 Å². The first-order chi connectivity index (χ1) is 6.11. The Hall–Kier alpha value is -1.77. The zero-order valence-electron chi connectivity index (χ0n) is 7.32. The molecule has 0 saturated carbocycles. The number of carboxylic acids is 1. The molecule has 3 heteroatoms. The zero-order chi connectivity index (χ0) is 9.84. The van der Waals surface area contributed by atoms with E-state index in [0.29, 0.717) is 0 Å². The summed E-state index contributed by atoms with van der Waals surface area (Å²) in [4.78, 5) is 10.4. The lowest BCUT2D eigenvalue weighted by molar-refractivity contribution is -0.132. The molecule has 3 nitrogen and oxygen atoms in total. The summed E-state index contributed by atoms with van der Waals surface area (Å²) in [5.74, 6) is -1.09. The summed E-state index contributed by atoms with van der Waals surface area (Å²) in [6.45, 7) is 1.90. The Morgan fingerprint density at radius 1 is 1.46 bits per heavy atom. The number of hydrogen-bond donors (Lipinski definition) is 2. The predicted molar refractivity (Wildman–Crippen MR) is 51.0 cm³/mol. The number of nitrogens with two attached hydrogens (primary N) is 1. The standard InChI is InChI=1S/C10H11NO2/c1-7-4-2-3-5-8(7)6-9(11)10(12)13/h2-6H,11H2,1H3,(H,12,13)/b9-6+. The molecule has 0 aliphatic carbocycles. The number of rotatable bonds is 2. The van der Waals surface area contributed by atoms with Crippen molar-refractivity contribution in [3.05, 3.63) is 41.1 Å². The Labute approximate surface area is 76.5 Å². The Morgan fingerprint density at radius 3 is 2.62 bits per heavy atom. The second kappa shape index (κ2) is 3.76. The van der Waals surface area contributed by atoms with Crippen LogP contribution in [0.15, 0.2) is 30.0 Å². The first kappa shape index (κ1) is 9.32. The number of carbonyl (C=O) groups is 1. The molecule has 0 aliphatic heterocycles. The van der Waals surface area contributed by atoms with E-state index in [9.17, 15) is 4.79 Å². The molecule has 1 rings (SSSR count). The fourth-order valence-corrected chi connectivity index (χ4v) is 0.978. The summed E-state index contributed by atoms with van der Waals surface area (Å²) in [7, 11) is 0. The highest BCUT2D eigenvalue weighted by Gasteiger charge is 2.01. The van der Waals surface area contributed by atoms with Gasteiger partial charge in [-0.25, -0.2) is 4.79 Å². The van der Waals surface area contributed by atoms with Crippen molar-refractivity contribution in [1.82, 2.24) is 0 Å². The number of benzene rings is 1. The average molecular weight is 177 g/mol. The number of aliphatic carboxylic acids is 1. The van der Waals surface area contributed by atoms with Crippen LogP contribution in [0.2, 0.25) is 0 Å². The molecule has 0 aliphatic rings. The van der Waals surface area contributed by atoms with Crippen LogP contribution in [0.5, 0.6) is 0 Å². The molecule has 0 saturated heterocycles. The van der Waals surface area contributed by atoms with Gasteiger partial charge in [-0.05, 0) is 24.1 Å². The number of carboxylic acid groups (broad SMARTS) is 1. The van der Waals surface area contributed by atoms with Crippen molar-refractivity contribution in [3.63, 3.8) is 0 Å². The van der Waals surface area contributed by atoms with Gasteiger partial charge in [0.05, 0.1) is 0 Å². The molecule has 0 heterocycles. The van der Waals surface area contributed by atoms with Gasteiger partial charge in [0.25, 0.3) is 0 Å². The molecule has 0 aromatic heterocycles. The van der Waals surface area contributed by atoms with E-state index in [0.717, 1.165) is 11.1 Å². The molecule has 0 amide bonds. The molecule has 0 radical (unpaired) electrons. The fraction of sp³-hybridized carbons (Fsp3) is 0.100. The highest BCUT2D eigenvalue weighted by Crippen LogP contribution is 2.09. The highest BCUT2D eigenvalue weighted by atomic mass is 16.4. The highest BCUT2D eigenvalue weighted by molar-refractivity contribution is 5.91. The van der Waals surface area contributed by atoms with Crippen LogP contribution in [0.4, 0.5) is 0 Å². The normalized spacial score (nSPS) is 11.3. The van der Waals surface area contributed by atoms with E-state index in [1.165, 1.54) is 6.08 Å². The summed E-state index contributed by atoms with van der Waals surface area (Å²) in [6.07, 6.45) is 1.46. The molecule has 0 atom stereocenters. The van der Waals surface area contributed by atoms with Gasteiger partial charge in [-0.1, -0.05) is 24.3 Å².